The van der Waals surface area contributed by atoms with E-state index in [-0.39, 0.29) is 0 Å². The van der Waals surface area contributed by atoms with Crippen LogP contribution in [0.3, 0.4) is 0 Å². The summed E-state index contributed by atoms with van der Waals surface area (Å²) < 4.78 is 6.02. The standard InChI is InChI=1S/C17H31NO/c1-11-7-5-9-14(12(11)2)18-15-13-8-6-10-19-16(13)17(15,3)4/h11-16,18H,5-10H2,1-4H3. The second kappa shape index (κ2) is 5.04. The topological polar surface area (TPSA) is 21.3 Å². The van der Waals surface area contributed by atoms with Crippen molar-refractivity contribution in [2.45, 2.75) is 78.0 Å². The first-order valence-corrected chi connectivity index (χ1v) is 8.39. The van der Waals surface area contributed by atoms with E-state index in [2.05, 4.69) is 33.0 Å². The zero-order chi connectivity index (χ0) is 13.6. The molecule has 1 saturated heterocycles. The van der Waals surface area contributed by atoms with E-state index in [1.165, 1.54) is 32.1 Å². The Bertz CT molecular complexity index is 327. The molecule has 6 atom stereocenters. The Kier molecular flexibility index (Phi) is 3.68. The Morgan fingerprint density at radius 1 is 1.05 bits per heavy atom. The second-order valence-electron chi connectivity index (χ2n) is 7.94. The quantitative estimate of drug-likeness (QED) is 0.823. The molecule has 0 aromatic rings. The summed E-state index contributed by atoms with van der Waals surface area (Å²) in [5.41, 5.74) is 0.325. The van der Waals surface area contributed by atoms with Gasteiger partial charge in [-0.1, -0.05) is 40.5 Å². The van der Waals surface area contributed by atoms with Crippen LogP contribution in [0.25, 0.3) is 0 Å². The van der Waals surface area contributed by atoms with Gasteiger partial charge in [0.25, 0.3) is 0 Å². The second-order valence-corrected chi connectivity index (χ2v) is 7.94. The van der Waals surface area contributed by atoms with Crippen molar-refractivity contribution in [3.8, 4) is 0 Å². The number of fused-ring (bicyclic) bond motifs is 1. The van der Waals surface area contributed by atoms with Crippen LogP contribution in [0.2, 0.25) is 0 Å². The fourth-order valence-electron chi connectivity index (χ4n) is 4.91. The maximum absolute atomic E-state index is 6.02. The molecule has 0 aromatic carbocycles. The lowest BCUT2D eigenvalue weighted by Crippen LogP contribution is -2.71. The van der Waals surface area contributed by atoms with Crippen LogP contribution >= 0.6 is 0 Å². The summed E-state index contributed by atoms with van der Waals surface area (Å²) in [6.07, 6.45) is 7.32. The third-order valence-corrected chi connectivity index (χ3v) is 6.43. The minimum Gasteiger partial charge on any atom is -0.377 e. The van der Waals surface area contributed by atoms with Gasteiger partial charge in [-0.05, 0) is 31.1 Å². The Balaban J connectivity index is 1.65. The van der Waals surface area contributed by atoms with Gasteiger partial charge in [0.05, 0.1) is 6.10 Å². The summed E-state index contributed by atoms with van der Waals surface area (Å²) in [5.74, 6) is 2.48. The van der Waals surface area contributed by atoms with Crippen LogP contribution in [-0.2, 0) is 4.74 Å². The Morgan fingerprint density at radius 2 is 1.84 bits per heavy atom. The lowest BCUT2D eigenvalue weighted by atomic mass is 9.55. The molecule has 1 aliphatic heterocycles. The van der Waals surface area contributed by atoms with Gasteiger partial charge in [0.15, 0.2) is 0 Å². The minimum absolute atomic E-state index is 0.325. The molecule has 110 valence electrons. The van der Waals surface area contributed by atoms with Crippen LogP contribution < -0.4 is 5.32 Å². The van der Waals surface area contributed by atoms with Gasteiger partial charge in [-0.15, -0.1) is 0 Å². The zero-order valence-electron chi connectivity index (χ0n) is 13.1. The highest BCUT2D eigenvalue weighted by Crippen LogP contribution is 2.52. The van der Waals surface area contributed by atoms with E-state index >= 15 is 0 Å². The third kappa shape index (κ3) is 2.25. The van der Waals surface area contributed by atoms with Crippen LogP contribution in [0.15, 0.2) is 0 Å². The highest BCUT2D eigenvalue weighted by atomic mass is 16.5. The molecule has 0 amide bonds. The molecule has 1 N–H and O–H groups in total. The SMILES string of the molecule is CC1CCCC(NC2C3CCCOC3C2(C)C)C1C. The predicted octanol–water partition coefficient (Wildman–Crippen LogP) is 3.60. The Morgan fingerprint density at radius 3 is 2.63 bits per heavy atom. The molecule has 19 heavy (non-hydrogen) atoms. The summed E-state index contributed by atoms with van der Waals surface area (Å²) in [4.78, 5) is 0. The molecule has 1 heterocycles. The van der Waals surface area contributed by atoms with Gasteiger partial charge in [-0.3, -0.25) is 0 Å². The maximum atomic E-state index is 6.02. The number of rotatable bonds is 2. The van der Waals surface area contributed by atoms with E-state index in [4.69, 9.17) is 4.74 Å². The molecule has 2 nitrogen and oxygen atoms in total. The molecule has 0 aromatic heterocycles. The van der Waals surface area contributed by atoms with Gasteiger partial charge >= 0.3 is 0 Å². The third-order valence-electron chi connectivity index (χ3n) is 6.43. The van der Waals surface area contributed by atoms with Crippen molar-refractivity contribution < 1.29 is 4.74 Å². The molecule has 2 saturated carbocycles. The van der Waals surface area contributed by atoms with Crippen LogP contribution in [0.5, 0.6) is 0 Å². The molecule has 0 bridgehead atoms. The van der Waals surface area contributed by atoms with Crippen LogP contribution in [0, 0.1) is 23.2 Å². The van der Waals surface area contributed by atoms with E-state index in [0.29, 0.717) is 17.6 Å². The van der Waals surface area contributed by atoms with Crippen molar-refractivity contribution in [3.63, 3.8) is 0 Å². The van der Waals surface area contributed by atoms with Gasteiger partial charge in [-0.2, -0.15) is 0 Å². The highest BCUT2D eigenvalue weighted by Gasteiger charge is 2.58. The summed E-state index contributed by atoms with van der Waals surface area (Å²) in [6, 6.07) is 1.41. The first-order valence-electron chi connectivity index (χ1n) is 8.39. The van der Waals surface area contributed by atoms with Gasteiger partial charge in [0.2, 0.25) is 0 Å². The van der Waals surface area contributed by atoms with Gasteiger partial charge in [-0.25, -0.2) is 0 Å². The van der Waals surface area contributed by atoms with Gasteiger partial charge in [0, 0.05) is 30.0 Å². The molecule has 0 radical (unpaired) electrons. The highest BCUT2D eigenvalue weighted by molar-refractivity contribution is 5.11. The Hall–Kier alpha value is -0.0800. The summed E-state index contributed by atoms with van der Waals surface area (Å²) in [7, 11) is 0. The molecule has 6 unspecified atom stereocenters. The van der Waals surface area contributed by atoms with Crippen molar-refractivity contribution in [1.29, 1.82) is 0 Å². The summed E-state index contributed by atoms with van der Waals surface area (Å²) >= 11 is 0. The zero-order valence-corrected chi connectivity index (χ0v) is 13.1. The Labute approximate surface area is 118 Å². The van der Waals surface area contributed by atoms with E-state index < -0.39 is 0 Å². The maximum Gasteiger partial charge on any atom is 0.0684 e. The lowest BCUT2D eigenvalue weighted by molar-refractivity contribution is -0.196. The molecule has 3 aliphatic rings. The van der Waals surface area contributed by atoms with E-state index in [9.17, 15) is 0 Å². The van der Waals surface area contributed by atoms with Crippen LogP contribution in [-0.4, -0.2) is 24.8 Å². The van der Waals surface area contributed by atoms with Crippen molar-refractivity contribution >= 4 is 0 Å². The molecule has 0 spiro atoms. The largest absolute Gasteiger partial charge is 0.377 e. The van der Waals surface area contributed by atoms with E-state index in [0.717, 1.165) is 30.4 Å². The number of hydrogen-bond donors (Lipinski definition) is 1. The van der Waals surface area contributed by atoms with Crippen LogP contribution in [0.4, 0.5) is 0 Å². The summed E-state index contributed by atoms with van der Waals surface area (Å²) in [5, 5.41) is 4.04. The molecule has 3 fully saturated rings. The monoisotopic (exact) mass is 265 g/mol. The van der Waals surface area contributed by atoms with Crippen molar-refractivity contribution in [1.82, 2.24) is 5.32 Å². The number of hydrogen-bond acceptors (Lipinski definition) is 2. The minimum atomic E-state index is 0.325. The smallest absolute Gasteiger partial charge is 0.0684 e. The fourth-order valence-corrected chi connectivity index (χ4v) is 4.91. The summed E-state index contributed by atoms with van der Waals surface area (Å²) in [6.45, 7) is 10.6. The number of nitrogens with one attached hydrogen (secondary N) is 1. The van der Waals surface area contributed by atoms with Crippen LogP contribution in [0.1, 0.15) is 59.8 Å². The molecule has 3 rings (SSSR count). The van der Waals surface area contributed by atoms with Crippen molar-refractivity contribution in [2.75, 3.05) is 6.61 Å². The van der Waals surface area contributed by atoms with Gasteiger partial charge < -0.3 is 10.1 Å². The van der Waals surface area contributed by atoms with Crippen molar-refractivity contribution in [3.05, 3.63) is 0 Å². The fraction of sp³-hybridized carbons (Fsp3) is 1.00. The molecular formula is C17H31NO. The van der Waals surface area contributed by atoms with E-state index in [1.807, 2.05) is 0 Å². The first-order chi connectivity index (χ1) is 9.01. The average molecular weight is 265 g/mol. The van der Waals surface area contributed by atoms with Gasteiger partial charge in [0.1, 0.15) is 0 Å². The normalized spacial score (nSPS) is 49.3. The lowest BCUT2D eigenvalue weighted by Gasteiger charge is -2.61. The number of ether oxygens (including phenoxy) is 1. The molecular weight excluding hydrogens is 234 g/mol. The van der Waals surface area contributed by atoms with Crippen molar-refractivity contribution in [2.24, 2.45) is 23.2 Å². The average Bonchev–Trinajstić information content (AvgIpc) is 2.40. The first kappa shape index (κ1) is 13.9. The van der Waals surface area contributed by atoms with E-state index in [1.54, 1.807) is 0 Å². The molecule has 2 heteroatoms. The predicted molar refractivity (Wildman–Crippen MR) is 79.1 cm³/mol. The molecule has 2 aliphatic carbocycles.